The molecule has 0 aliphatic rings. The van der Waals surface area contributed by atoms with Crippen molar-refractivity contribution in [3.05, 3.63) is 22.6 Å². The van der Waals surface area contributed by atoms with E-state index in [0.717, 1.165) is 0 Å². The number of ether oxygens (including phenoxy) is 1. The van der Waals surface area contributed by atoms with Crippen LogP contribution in [-0.2, 0) is 9.53 Å². The fraction of sp³-hybridized carbons (Fsp3) is 0.333. The first-order valence-corrected chi connectivity index (χ1v) is 5.12. The van der Waals surface area contributed by atoms with Crippen molar-refractivity contribution in [3.63, 3.8) is 0 Å². The maximum atomic E-state index is 11.5. The monoisotopic (exact) mass is 291 g/mol. The first kappa shape index (κ1) is 12.7. The molecule has 0 bridgehead atoms. The number of aliphatic hydroxyl groups is 1. The average molecular weight is 292 g/mol. The Labute approximate surface area is 99.7 Å². The molecule has 0 saturated carbocycles. The Bertz CT molecular complexity index is 389. The SMILES string of the molecule is COC(=O)C(CO)NC(=O)c1ccc(Br)o1. The van der Waals surface area contributed by atoms with Crippen LogP contribution in [0.5, 0.6) is 0 Å². The number of halogens is 1. The molecule has 1 aromatic rings. The smallest absolute Gasteiger partial charge is 0.330 e. The molecular weight excluding hydrogens is 282 g/mol. The van der Waals surface area contributed by atoms with E-state index in [1.807, 2.05) is 0 Å². The van der Waals surface area contributed by atoms with Crippen LogP contribution in [0, 0.1) is 0 Å². The quantitative estimate of drug-likeness (QED) is 0.779. The van der Waals surface area contributed by atoms with E-state index >= 15 is 0 Å². The minimum atomic E-state index is -1.10. The van der Waals surface area contributed by atoms with Crippen molar-refractivity contribution in [1.29, 1.82) is 0 Å². The van der Waals surface area contributed by atoms with Crippen molar-refractivity contribution in [1.82, 2.24) is 5.32 Å². The van der Waals surface area contributed by atoms with E-state index in [-0.39, 0.29) is 5.76 Å². The Hall–Kier alpha value is -1.34. The van der Waals surface area contributed by atoms with Gasteiger partial charge in [-0.25, -0.2) is 4.79 Å². The lowest BCUT2D eigenvalue weighted by Crippen LogP contribution is -2.43. The zero-order valence-electron chi connectivity index (χ0n) is 8.40. The minimum Gasteiger partial charge on any atom is -0.467 e. The lowest BCUT2D eigenvalue weighted by molar-refractivity contribution is -0.143. The van der Waals surface area contributed by atoms with E-state index in [1.54, 1.807) is 6.07 Å². The normalized spacial score (nSPS) is 11.9. The van der Waals surface area contributed by atoms with Crippen LogP contribution in [0.2, 0.25) is 0 Å². The van der Waals surface area contributed by atoms with Crippen molar-refractivity contribution in [3.8, 4) is 0 Å². The second-order valence-corrected chi connectivity index (χ2v) is 3.62. The summed E-state index contributed by atoms with van der Waals surface area (Å²) in [7, 11) is 1.17. The maximum Gasteiger partial charge on any atom is 0.330 e. The van der Waals surface area contributed by atoms with Crippen LogP contribution in [0.3, 0.4) is 0 Å². The molecule has 0 radical (unpaired) electrons. The molecule has 1 heterocycles. The Balaban J connectivity index is 2.66. The number of esters is 1. The minimum absolute atomic E-state index is 0.0363. The number of hydrogen-bond acceptors (Lipinski definition) is 5. The zero-order valence-corrected chi connectivity index (χ0v) is 9.98. The Morgan fingerprint density at radius 2 is 2.31 bits per heavy atom. The van der Waals surface area contributed by atoms with Gasteiger partial charge in [-0.3, -0.25) is 4.79 Å². The van der Waals surface area contributed by atoms with Gasteiger partial charge in [-0.1, -0.05) is 0 Å². The van der Waals surface area contributed by atoms with Crippen molar-refractivity contribution in [2.75, 3.05) is 13.7 Å². The van der Waals surface area contributed by atoms with Crippen LogP contribution in [0.1, 0.15) is 10.6 Å². The third-order valence-corrected chi connectivity index (χ3v) is 2.20. The lowest BCUT2D eigenvalue weighted by Gasteiger charge is -2.12. The number of rotatable bonds is 4. The summed E-state index contributed by atoms with van der Waals surface area (Å²) in [4.78, 5) is 22.6. The number of hydrogen-bond donors (Lipinski definition) is 2. The third kappa shape index (κ3) is 3.07. The van der Waals surface area contributed by atoms with Gasteiger partial charge in [0, 0.05) is 0 Å². The van der Waals surface area contributed by atoms with Gasteiger partial charge in [-0.15, -0.1) is 0 Å². The van der Waals surface area contributed by atoms with Gasteiger partial charge in [0.05, 0.1) is 13.7 Å². The van der Waals surface area contributed by atoms with Crippen molar-refractivity contribution >= 4 is 27.8 Å². The summed E-state index contributed by atoms with van der Waals surface area (Å²) >= 11 is 3.04. The second kappa shape index (κ2) is 5.66. The molecule has 1 aromatic heterocycles. The van der Waals surface area contributed by atoms with Crippen molar-refractivity contribution in [2.45, 2.75) is 6.04 Å². The van der Waals surface area contributed by atoms with Crippen LogP contribution in [-0.4, -0.2) is 36.7 Å². The maximum absolute atomic E-state index is 11.5. The molecule has 0 saturated heterocycles. The molecule has 1 amide bonds. The molecular formula is C9H10BrNO5. The predicted octanol–water partition coefficient (Wildman–Crippen LogP) is 0.306. The van der Waals surface area contributed by atoms with Crippen molar-refractivity contribution < 1.29 is 23.8 Å². The van der Waals surface area contributed by atoms with Gasteiger partial charge in [-0.05, 0) is 28.1 Å². The van der Waals surface area contributed by atoms with Crippen molar-refractivity contribution in [2.24, 2.45) is 0 Å². The molecule has 16 heavy (non-hydrogen) atoms. The van der Waals surface area contributed by atoms with Gasteiger partial charge in [-0.2, -0.15) is 0 Å². The predicted molar refractivity (Wildman–Crippen MR) is 56.8 cm³/mol. The van der Waals surface area contributed by atoms with Gasteiger partial charge in [0.2, 0.25) is 0 Å². The highest BCUT2D eigenvalue weighted by Crippen LogP contribution is 2.13. The molecule has 0 aliphatic carbocycles. The molecule has 7 heteroatoms. The van der Waals surface area contributed by atoms with Gasteiger partial charge in [0.15, 0.2) is 16.5 Å². The molecule has 88 valence electrons. The van der Waals surface area contributed by atoms with Gasteiger partial charge in [0.25, 0.3) is 5.91 Å². The summed E-state index contributed by atoms with van der Waals surface area (Å²) in [6.45, 7) is -0.541. The Morgan fingerprint density at radius 3 is 2.75 bits per heavy atom. The molecule has 2 N–H and O–H groups in total. The lowest BCUT2D eigenvalue weighted by atomic mass is 10.3. The fourth-order valence-corrected chi connectivity index (χ4v) is 1.29. The molecule has 0 aromatic carbocycles. The summed E-state index contributed by atoms with van der Waals surface area (Å²) in [5, 5.41) is 11.1. The van der Waals surface area contributed by atoms with Crippen LogP contribution in [0.4, 0.5) is 0 Å². The van der Waals surface area contributed by atoms with E-state index in [2.05, 4.69) is 26.0 Å². The highest BCUT2D eigenvalue weighted by Gasteiger charge is 2.22. The van der Waals surface area contributed by atoms with Gasteiger partial charge < -0.3 is 19.6 Å². The van der Waals surface area contributed by atoms with Crippen LogP contribution in [0.15, 0.2) is 21.2 Å². The summed E-state index contributed by atoms with van der Waals surface area (Å²) < 4.78 is 9.77. The number of furan rings is 1. The molecule has 6 nitrogen and oxygen atoms in total. The van der Waals surface area contributed by atoms with E-state index in [9.17, 15) is 9.59 Å². The largest absolute Gasteiger partial charge is 0.467 e. The van der Waals surface area contributed by atoms with Crippen LogP contribution >= 0.6 is 15.9 Å². The van der Waals surface area contributed by atoms with E-state index in [0.29, 0.717) is 4.67 Å². The highest BCUT2D eigenvalue weighted by atomic mass is 79.9. The molecule has 1 unspecified atom stereocenters. The molecule has 0 aliphatic heterocycles. The topological polar surface area (TPSA) is 88.8 Å². The number of aliphatic hydroxyl groups excluding tert-OH is 1. The first-order chi connectivity index (χ1) is 7.58. The fourth-order valence-electron chi connectivity index (χ4n) is 0.987. The van der Waals surface area contributed by atoms with E-state index in [4.69, 9.17) is 9.52 Å². The van der Waals surface area contributed by atoms with Gasteiger partial charge >= 0.3 is 5.97 Å². The van der Waals surface area contributed by atoms with E-state index in [1.165, 1.54) is 13.2 Å². The summed E-state index contributed by atoms with van der Waals surface area (Å²) in [6, 6.07) is 1.88. The highest BCUT2D eigenvalue weighted by molar-refractivity contribution is 9.10. The Kier molecular flexibility index (Phi) is 4.51. The summed E-state index contributed by atoms with van der Waals surface area (Å²) in [6.07, 6.45) is 0. The number of methoxy groups -OCH3 is 1. The van der Waals surface area contributed by atoms with Gasteiger partial charge in [0.1, 0.15) is 0 Å². The van der Waals surface area contributed by atoms with E-state index < -0.39 is 24.5 Å². The zero-order chi connectivity index (χ0) is 12.1. The summed E-state index contributed by atoms with van der Waals surface area (Å²) in [5.74, 6) is -1.29. The molecule has 1 atom stereocenters. The number of carbonyl (C=O) groups excluding carboxylic acids is 2. The van der Waals surface area contributed by atoms with Crippen LogP contribution in [0.25, 0.3) is 0 Å². The molecule has 0 fully saturated rings. The number of nitrogens with one attached hydrogen (secondary N) is 1. The van der Waals surface area contributed by atoms with Crippen LogP contribution < -0.4 is 5.32 Å². The summed E-state index contributed by atoms with van der Waals surface area (Å²) in [5.41, 5.74) is 0. The molecule has 1 rings (SSSR count). The average Bonchev–Trinajstić information content (AvgIpc) is 2.71. The molecule has 0 spiro atoms. The second-order valence-electron chi connectivity index (χ2n) is 2.84. The Morgan fingerprint density at radius 1 is 1.62 bits per heavy atom. The standard InChI is InChI=1S/C9H10BrNO5/c1-15-9(14)5(4-12)11-8(13)6-2-3-7(10)16-6/h2-3,5,12H,4H2,1H3,(H,11,13). The number of carbonyl (C=O) groups is 2. The first-order valence-electron chi connectivity index (χ1n) is 4.33. The number of amides is 1. The third-order valence-electron chi connectivity index (χ3n) is 1.77.